The number of carbonyl (C=O) groups excluding carboxylic acids is 1. The van der Waals surface area contributed by atoms with Crippen molar-refractivity contribution in [3.8, 4) is 5.69 Å². The number of para-hydroxylation sites is 1. The molecular formula is C31H35N5O5S. The number of sulfonamides is 1. The average Bonchev–Trinajstić information content (AvgIpc) is 3.27. The molecule has 0 aliphatic carbocycles. The van der Waals surface area contributed by atoms with E-state index in [4.69, 9.17) is 10.5 Å². The van der Waals surface area contributed by atoms with E-state index in [1.807, 2.05) is 44.2 Å². The van der Waals surface area contributed by atoms with Crippen molar-refractivity contribution in [2.45, 2.75) is 39.5 Å². The van der Waals surface area contributed by atoms with Gasteiger partial charge >= 0.3 is 5.97 Å². The Morgan fingerprint density at radius 2 is 1.76 bits per heavy atom. The Balaban J connectivity index is 1.96. The molecule has 4 aromatic rings. The first-order chi connectivity index (χ1) is 20.1. The zero-order valence-corrected chi connectivity index (χ0v) is 24.9. The normalized spacial score (nSPS) is 12.4. The Bertz CT molecular complexity index is 1770. The van der Waals surface area contributed by atoms with Gasteiger partial charge in [-0.15, -0.1) is 0 Å². The Morgan fingerprint density at radius 3 is 2.40 bits per heavy atom. The molecule has 4 rings (SSSR count). The molecule has 1 unspecified atom stereocenters. The number of nitrogens with two attached hydrogens (primary N) is 1. The summed E-state index contributed by atoms with van der Waals surface area (Å²) in [5.74, 6) is -1.53. The molecule has 0 bridgehead atoms. The van der Waals surface area contributed by atoms with Crippen molar-refractivity contribution < 1.29 is 17.9 Å². The highest BCUT2D eigenvalue weighted by Crippen LogP contribution is 2.32. The molecule has 1 atom stereocenters. The second kappa shape index (κ2) is 12.9. The first kappa shape index (κ1) is 30.3. The van der Waals surface area contributed by atoms with Crippen LogP contribution in [0.3, 0.4) is 0 Å². The molecule has 220 valence electrons. The zero-order valence-electron chi connectivity index (χ0n) is 24.0. The number of benzene rings is 3. The van der Waals surface area contributed by atoms with Crippen LogP contribution < -0.4 is 16.0 Å². The van der Waals surface area contributed by atoms with Gasteiger partial charge in [0.05, 0.1) is 35.5 Å². The maximum atomic E-state index is 14.0. The highest BCUT2D eigenvalue weighted by Gasteiger charge is 2.32. The lowest BCUT2D eigenvalue weighted by atomic mass is 9.88. The van der Waals surface area contributed by atoms with Crippen LogP contribution in [0.25, 0.3) is 5.69 Å². The van der Waals surface area contributed by atoms with Gasteiger partial charge in [-0.3, -0.25) is 24.4 Å². The number of nitrogen functional groups attached to an aromatic ring is 1. The second-order valence-electron chi connectivity index (χ2n) is 9.69. The number of rotatable bonds is 11. The highest BCUT2D eigenvalue weighted by molar-refractivity contribution is 7.92. The number of esters is 1. The average molecular weight is 590 g/mol. The van der Waals surface area contributed by atoms with Gasteiger partial charge in [0.1, 0.15) is 5.92 Å². The van der Waals surface area contributed by atoms with Crippen molar-refractivity contribution in [3.05, 3.63) is 105 Å². The van der Waals surface area contributed by atoms with Gasteiger partial charge in [-0.2, -0.15) is 0 Å². The number of anilines is 2. The third kappa shape index (κ3) is 6.63. The summed E-state index contributed by atoms with van der Waals surface area (Å²) in [5.41, 5.74) is 10.8. The number of hydrogen-bond donors (Lipinski definition) is 3. The van der Waals surface area contributed by atoms with Gasteiger partial charge < -0.3 is 10.5 Å². The predicted octanol–water partition coefficient (Wildman–Crippen LogP) is 4.69. The molecule has 0 amide bonds. The van der Waals surface area contributed by atoms with E-state index in [1.165, 1.54) is 10.9 Å². The van der Waals surface area contributed by atoms with Crippen LogP contribution in [0.1, 0.15) is 54.6 Å². The summed E-state index contributed by atoms with van der Waals surface area (Å²) in [5, 5.41) is 3.14. The quantitative estimate of drug-likeness (QED) is 0.131. The molecule has 1 heterocycles. The minimum atomic E-state index is -3.48. The lowest BCUT2D eigenvalue weighted by Gasteiger charge is -2.20. The van der Waals surface area contributed by atoms with Crippen molar-refractivity contribution in [3.63, 3.8) is 0 Å². The summed E-state index contributed by atoms with van der Waals surface area (Å²) in [4.78, 5) is 32.2. The van der Waals surface area contributed by atoms with E-state index in [9.17, 15) is 18.0 Å². The maximum Gasteiger partial charge on any atom is 0.319 e. The number of aliphatic imine (C=N–C) groups is 1. The van der Waals surface area contributed by atoms with Crippen molar-refractivity contribution in [2.24, 2.45) is 4.99 Å². The molecule has 11 heteroatoms. The van der Waals surface area contributed by atoms with Gasteiger partial charge in [0, 0.05) is 17.6 Å². The molecule has 10 nitrogen and oxygen atoms in total. The van der Waals surface area contributed by atoms with Gasteiger partial charge in [0.25, 0.3) is 5.56 Å². The van der Waals surface area contributed by atoms with Crippen molar-refractivity contribution in [2.75, 3.05) is 23.3 Å². The molecule has 0 fully saturated rings. The largest absolute Gasteiger partial charge is 0.465 e. The van der Waals surface area contributed by atoms with Gasteiger partial charge in [-0.25, -0.2) is 13.1 Å². The SMILES string of the molecule is CCOC(=O)C(c1cccc(N)c1CC)c1[nH]n(-c2ccc(NS(C)(=O)=O)cc2)c(=O)c1C=Nc1ccccc1CC. The molecule has 0 radical (unpaired) electrons. The summed E-state index contributed by atoms with van der Waals surface area (Å²) in [7, 11) is -3.48. The molecule has 42 heavy (non-hydrogen) atoms. The monoisotopic (exact) mass is 589 g/mol. The molecule has 1 aromatic heterocycles. The van der Waals surface area contributed by atoms with Crippen LogP contribution in [0.5, 0.6) is 0 Å². The fraction of sp³-hybridized carbons (Fsp3) is 0.258. The van der Waals surface area contributed by atoms with Crippen LogP contribution in [-0.4, -0.2) is 43.2 Å². The van der Waals surface area contributed by atoms with Crippen molar-refractivity contribution in [1.29, 1.82) is 0 Å². The highest BCUT2D eigenvalue weighted by atomic mass is 32.2. The molecular weight excluding hydrogens is 554 g/mol. The Kier molecular flexibility index (Phi) is 9.31. The second-order valence-corrected chi connectivity index (χ2v) is 11.4. The number of aryl methyl sites for hydroxylation is 1. The topological polar surface area (TPSA) is 149 Å². The summed E-state index contributed by atoms with van der Waals surface area (Å²) in [6.45, 7) is 5.83. The van der Waals surface area contributed by atoms with E-state index < -0.39 is 27.5 Å². The number of ether oxygens (including phenoxy) is 1. The van der Waals surface area contributed by atoms with E-state index in [-0.39, 0.29) is 12.2 Å². The van der Waals surface area contributed by atoms with Crippen LogP contribution in [-0.2, 0) is 32.4 Å². The zero-order chi connectivity index (χ0) is 30.4. The van der Waals surface area contributed by atoms with Crippen LogP contribution in [0.15, 0.2) is 76.5 Å². The fourth-order valence-corrected chi connectivity index (χ4v) is 5.45. The Morgan fingerprint density at radius 1 is 1.05 bits per heavy atom. The number of carbonyl (C=O) groups is 1. The van der Waals surface area contributed by atoms with Crippen molar-refractivity contribution >= 4 is 39.3 Å². The van der Waals surface area contributed by atoms with E-state index >= 15 is 0 Å². The Labute approximate surface area is 245 Å². The first-order valence-electron chi connectivity index (χ1n) is 13.7. The number of nitrogens with zero attached hydrogens (tertiary/aromatic N) is 2. The third-order valence-corrected chi connectivity index (χ3v) is 7.42. The molecule has 0 saturated heterocycles. The molecule has 0 saturated carbocycles. The summed E-state index contributed by atoms with van der Waals surface area (Å²) >= 11 is 0. The van der Waals surface area contributed by atoms with Crippen LogP contribution in [0, 0.1) is 0 Å². The summed E-state index contributed by atoms with van der Waals surface area (Å²) in [6, 6.07) is 19.3. The summed E-state index contributed by atoms with van der Waals surface area (Å²) < 4.78 is 32.5. The molecule has 4 N–H and O–H groups in total. The molecule has 3 aromatic carbocycles. The van der Waals surface area contributed by atoms with Crippen LogP contribution in [0.2, 0.25) is 0 Å². The number of hydrogen-bond acceptors (Lipinski definition) is 7. The van der Waals surface area contributed by atoms with E-state index in [1.54, 1.807) is 43.3 Å². The standard InChI is InChI=1S/C31H35N5O5S/c1-5-20-11-8-9-14-27(20)33-19-25-29(28(31(38)41-7-3)24-12-10-13-26(32)23(24)6-2)34-36(30(25)37)22-17-15-21(16-18-22)35-42(4,39)40/h8-19,28,34-35H,5-7,32H2,1-4H3. The maximum absolute atomic E-state index is 14.0. The molecule has 0 spiro atoms. The van der Waals surface area contributed by atoms with Crippen LogP contribution in [0.4, 0.5) is 17.1 Å². The smallest absolute Gasteiger partial charge is 0.319 e. The lowest BCUT2D eigenvalue weighted by molar-refractivity contribution is -0.143. The number of nitrogens with one attached hydrogen (secondary N) is 2. The lowest BCUT2D eigenvalue weighted by Crippen LogP contribution is -2.21. The van der Waals surface area contributed by atoms with Crippen molar-refractivity contribution in [1.82, 2.24) is 9.78 Å². The minimum Gasteiger partial charge on any atom is -0.465 e. The molecule has 0 aliphatic heterocycles. The first-order valence-corrected chi connectivity index (χ1v) is 15.6. The summed E-state index contributed by atoms with van der Waals surface area (Å²) in [6.07, 6.45) is 3.84. The number of aromatic nitrogens is 2. The van der Waals surface area contributed by atoms with E-state index in [2.05, 4.69) is 14.8 Å². The Hall–Kier alpha value is -4.64. The van der Waals surface area contributed by atoms with E-state index in [0.717, 1.165) is 23.8 Å². The minimum absolute atomic E-state index is 0.145. The third-order valence-electron chi connectivity index (χ3n) is 6.81. The fourth-order valence-electron chi connectivity index (χ4n) is 4.88. The van der Waals surface area contributed by atoms with Gasteiger partial charge in [0.2, 0.25) is 10.0 Å². The molecule has 0 aliphatic rings. The van der Waals surface area contributed by atoms with Gasteiger partial charge in [-0.1, -0.05) is 44.2 Å². The van der Waals surface area contributed by atoms with Crippen LogP contribution >= 0.6 is 0 Å². The number of aromatic amines is 1. The number of H-pyrrole nitrogens is 1. The predicted molar refractivity (Wildman–Crippen MR) is 167 cm³/mol. The van der Waals surface area contributed by atoms with E-state index in [0.29, 0.717) is 40.4 Å². The van der Waals surface area contributed by atoms with Gasteiger partial charge in [-0.05, 0) is 72.9 Å². The van der Waals surface area contributed by atoms with Gasteiger partial charge in [0.15, 0.2) is 0 Å².